The van der Waals surface area contributed by atoms with Crippen LogP contribution in [0.3, 0.4) is 0 Å². The molecule has 1 aromatic carbocycles. The topological polar surface area (TPSA) is 50.4 Å². The summed E-state index contributed by atoms with van der Waals surface area (Å²) >= 11 is 1.74. The van der Waals surface area contributed by atoms with Gasteiger partial charge < -0.3 is 10.1 Å². The average Bonchev–Trinajstić information content (AvgIpc) is 2.83. The minimum absolute atomic E-state index is 0.0233. The predicted molar refractivity (Wildman–Crippen MR) is 65.9 cm³/mol. The molecule has 1 aliphatic rings. The van der Waals surface area contributed by atoms with Gasteiger partial charge in [0.05, 0.1) is 13.2 Å². The van der Waals surface area contributed by atoms with Crippen molar-refractivity contribution >= 4 is 23.4 Å². The monoisotopic (exact) mass is 238 g/mol. The first-order valence-corrected chi connectivity index (χ1v) is 6.21. The van der Waals surface area contributed by atoms with E-state index in [0.717, 1.165) is 23.1 Å². The lowest BCUT2D eigenvalue weighted by molar-refractivity contribution is -0.117. The highest BCUT2D eigenvalue weighted by Gasteiger charge is 2.22. The Morgan fingerprint density at radius 3 is 2.81 bits per heavy atom. The first kappa shape index (κ1) is 11.3. The molecular formula is C11H14N2O2S. The van der Waals surface area contributed by atoms with Crippen LogP contribution in [0.15, 0.2) is 24.3 Å². The van der Waals surface area contributed by atoms with Crippen molar-refractivity contribution in [3.8, 4) is 5.75 Å². The Labute approximate surface area is 98.7 Å². The number of amides is 1. The number of methoxy groups -OCH3 is 1. The lowest BCUT2D eigenvalue weighted by Crippen LogP contribution is -2.37. The molecule has 0 radical (unpaired) electrons. The fraction of sp³-hybridized carbons (Fsp3) is 0.364. The first-order chi connectivity index (χ1) is 7.79. The van der Waals surface area contributed by atoms with Gasteiger partial charge in [0.25, 0.3) is 0 Å². The second-order valence-electron chi connectivity index (χ2n) is 3.49. The highest BCUT2D eigenvalue weighted by molar-refractivity contribution is 7.99. The Kier molecular flexibility index (Phi) is 3.69. The highest BCUT2D eigenvalue weighted by Crippen LogP contribution is 2.16. The van der Waals surface area contributed by atoms with Crippen molar-refractivity contribution in [3.05, 3.63) is 24.3 Å². The number of anilines is 1. The summed E-state index contributed by atoms with van der Waals surface area (Å²) in [5.74, 6) is 2.49. The number of carbonyl (C=O) groups excluding carboxylic acids is 1. The average molecular weight is 238 g/mol. The van der Waals surface area contributed by atoms with E-state index in [2.05, 4.69) is 10.6 Å². The molecule has 16 heavy (non-hydrogen) atoms. The number of benzene rings is 1. The molecule has 86 valence electrons. The van der Waals surface area contributed by atoms with Gasteiger partial charge in [-0.3, -0.25) is 10.1 Å². The minimum atomic E-state index is -0.0768. The third-order valence-corrected chi connectivity index (χ3v) is 3.33. The zero-order valence-corrected chi connectivity index (χ0v) is 9.84. The molecule has 2 N–H and O–H groups in total. The number of rotatable bonds is 3. The van der Waals surface area contributed by atoms with Crippen LogP contribution in [0.4, 0.5) is 5.69 Å². The van der Waals surface area contributed by atoms with Crippen LogP contribution in [0.25, 0.3) is 0 Å². The van der Waals surface area contributed by atoms with Crippen LogP contribution in [0.1, 0.15) is 0 Å². The zero-order chi connectivity index (χ0) is 11.4. The Morgan fingerprint density at radius 2 is 2.25 bits per heavy atom. The second-order valence-corrected chi connectivity index (χ2v) is 4.52. The molecule has 0 saturated carbocycles. The molecule has 1 heterocycles. The Balaban J connectivity index is 1.94. The fourth-order valence-corrected chi connectivity index (χ4v) is 2.41. The number of hydrogen-bond acceptors (Lipinski definition) is 4. The third kappa shape index (κ3) is 2.68. The largest absolute Gasteiger partial charge is 0.497 e. The molecule has 1 aromatic rings. The summed E-state index contributed by atoms with van der Waals surface area (Å²) in [6, 6.07) is 7.24. The number of ether oxygens (including phenoxy) is 1. The number of hydrogen-bond donors (Lipinski definition) is 2. The lowest BCUT2D eigenvalue weighted by Gasteiger charge is -2.10. The summed E-state index contributed by atoms with van der Waals surface area (Å²) in [7, 11) is 1.62. The molecule has 1 atom stereocenters. The van der Waals surface area contributed by atoms with E-state index in [4.69, 9.17) is 4.74 Å². The van der Waals surface area contributed by atoms with Gasteiger partial charge in [0, 0.05) is 17.3 Å². The van der Waals surface area contributed by atoms with Gasteiger partial charge in [-0.2, -0.15) is 0 Å². The van der Waals surface area contributed by atoms with E-state index in [0.29, 0.717) is 0 Å². The van der Waals surface area contributed by atoms with E-state index in [1.807, 2.05) is 24.3 Å². The Morgan fingerprint density at radius 1 is 1.50 bits per heavy atom. The minimum Gasteiger partial charge on any atom is -0.497 e. The van der Waals surface area contributed by atoms with Crippen molar-refractivity contribution in [2.45, 2.75) is 6.04 Å². The van der Waals surface area contributed by atoms with E-state index in [1.165, 1.54) is 0 Å². The number of nitrogens with one attached hydrogen (secondary N) is 2. The molecule has 2 rings (SSSR count). The standard InChI is InChI=1S/C11H14N2O2S/c1-15-9-4-2-8(3-5-9)13-11(14)10-6-16-7-12-10/h2-5,10,12H,6-7H2,1H3,(H,13,14). The van der Waals surface area contributed by atoms with Crippen LogP contribution in [-0.2, 0) is 4.79 Å². The van der Waals surface area contributed by atoms with Crippen molar-refractivity contribution < 1.29 is 9.53 Å². The fourth-order valence-electron chi connectivity index (χ4n) is 1.47. The molecular weight excluding hydrogens is 224 g/mol. The maximum absolute atomic E-state index is 11.8. The van der Waals surface area contributed by atoms with E-state index in [-0.39, 0.29) is 11.9 Å². The molecule has 1 unspecified atom stereocenters. The van der Waals surface area contributed by atoms with E-state index >= 15 is 0 Å². The SMILES string of the molecule is COc1ccc(NC(=O)C2CSCN2)cc1. The van der Waals surface area contributed by atoms with Crippen LogP contribution in [0.5, 0.6) is 5.75 Å². The van der Waals surface area contributed by atoms with Crippen molar-refractivity contribution in [1.82, 2.24) is 5.32 Å². The van der Waals surface area contributed by atoms with Gasteiger partial charge >= 0.3 is 0 Å². The van der Waals surface area contributed by atoms with Crippen molar-refractivity contribution in [2.24, 2.45) is 0 Å². The molecule has 0 aliphatic carbocycles. The maximum atomic E-state index is 11.8. The molecule has 0 bridgehead atoms. The Hall–Kier alpha value is -1.20. The summed E-state index contributed by atoms with van der Waals surface area (Å²) in [6.45, 7) is 0. The van der Waals surface area contributed by atoms with Crippen molar-refractivity contribution in [3.63, 3.8) is 0 Å². The molecule has 0 spiro atoms. The van der Waals surface area contributed by atoms with Crippen molar-refractivity contribution in [2.75, 3.05) is 24.1 Å². The summed E-state index contributed by atoms with van der Waals surface area (Å²) in [5.41, 5.74) is 0.796. The smallest absolute Gasteiger partial charge is 0.242 e. The van der Waals surface area contributed by atoms with Gasteiger partial charge in [-0.25, -0.2) is 0 Å². The van der Waals surface area contributed by atoms with Crippen LogP contribution < -0.4 is 15.4 Å². The van der Waals surface area contributed by atoms with Gasteiger partial charge in [-0.1, -0.05) is 0 Å². The predicted octanol–water partition coefficient (Wildman–Crippen LogP) is 1.30. The number of thioether (sulfide) groups is 1. The van der Waals surface area contributed by atoms with Gasteiger partial charge in [0.2, 0.25) is 5.91 Å². The summed E-state index contributed by atoms with van der Waals surface area (Å²) in [5, 5.41) is 5.99. The zero-order valence-electron chi connectivity index (χ0n) is 9.03. The Bertz CT molecular complexity index is 361. The van der Waals surface area contributed by atoms with Gasteiger partial charge in [-0.15, -0.1) is 11.8 Å². The highest BCUT2D eigenvalue weighted by atomic mass is 32.2. The summed E-state index contributed by atoms with van der Waals surface area (Å²) < 4.78 is 5.05. The lowest BCUT2D eigenvalue weighted by atomic mass is 10.2. The number of carbonyl (C=O) groups is 1. The molecule has 1 fully saturated rings. The molecule has 1 saturated heterocycles. The van der Waals surface area contributed by atoms with Crippen LogP contribution in [0.2, 0.25) is 0 Å². The van der Waals surface area contributed by atoms with Crippen molar-refractivity contribution in [1.29, 1.82) is 0 Å². The first-order valence-electron chi connectivity index (χ1n) is 5.05. The molecule has 1 aliphatic heterocycles. The quantitative estimate of drug-likeness (QED) is 0.833. The van der Waals surface area contributed by atoms with Crippen LogP contribution >= 0.6 is 11.8 Å². The van der Waals surface area contributed by atoms with Gasteiger partial charge in [-0.05, 0) is 24.3 Å². The van der Waals surface area contributed by atoms with E-state index in [1.54, 1.807) is 18.9 Å². The molecule has 4 nitrogen and oxygen atoms in total. The summed E-state index contributed by atoms with van der Waals surface area (Å²) in [6.07, 6.45) is 0. The molecule has 0 aromatic heterocycles. The van der Waals surface area contributed by atoms with E-state index < -0.39 is 0 Å². The van der Waals surface area contributed by atoms with Gasteiger partial charge in [0.15, 0.2) is 0 Å². The molecule has 5 heteroatoms. The second kappa shape index (κ2) is 5.23. The van der Waals surface area contributed by atoms with Crippen LogP contribution in [0, 0.1) is 0 Å². The van der Waals surface area contributed by atoms with E-state index in [9.17, 15) is 4.79 Å². The maximum Gasteiger partial charge on any atom is 0.242 e. The summed E-state index contributed by atoms with van der Waals surface area (Å²) in [4.78, 5) is 11.8. The third-order valence-electron chi connectivity index (χ3n) is 2.39. The normalized spacial score (nSPS) is 19.4. The van der Waals surface area contributed by atoms with Gasteiger partial charge in [0.1, 0.15) is 5.75 Å². The van der Waals surface area contributed by atoms with Crippen LogP contribution in [-0.4, -0.2) is 30.7 Å². The molecule has 1 amide bonds.